The summed E-state index contributed by atoms with van der Waals surface area (Å²) in [6, 6.07) is 1.73. The number of aromatic nitrogens is 2. The highest BCUT2D eigenvalue weighted by Gasteiger charge is 2.66. The molecule has 1 saturated heterocycles. The molecule has 1 aliphatic heterocycles. The van der Waals surface area contributed by atoms with Crippen LogP contribution < -0.4 is 5.32 Å². The highest BCUT2D eigenvalue weighted by atomic mass is 16.5. The van der Waals surface area contributed by atoms with Crippen LogP contribution in [0, 0.1) is 17.3 Å². The van der Waals surface area contributed by atoms with Crippen molar-refractivity contribution in [1.82, 2.24) is 15.1 Å². The van der Waals surface area contributed by atoms with Crippen molar-refractivity contribution >= 4 is 11.9 Å². The predicted molar refractivity (Wildman–Crippen MR) is 76.8 cm³/mol. The van der Waals surface area contributed by atoms with Crippen molar-refractivity contribution in [2.75, 3.05) is 6.61 Å². The summed E-state index contributed by atoms with van der Waals surface area (Å²) in [5, 5.41) is 16.3. The molecule has 4 atom stereocenters. The number of carboxylic acids is 1. The van der Waals surface area contributed by atoms with Crippen molar-refractivity contribution in [2.24, 2.45) is 24.3 Å². The molecule has 3 rings (SSSR count). The van der Waals surface area contributed by atoms with Gasteiger partial charge in [-0.15, -0.1) is 0 Å². The van der Waals surface area contributed by atoms with E-state index in [-0.39, 0.29) is 18.1 Å². The average molecular weight is 307 g/mol. The maximum Gasteiger partial charge on any atom is 0.307 e. The van der Waals surface area contributed by atoms with Crippen molar-refractivity contribution in [2.45, 2.75) is 32.4 Å². The van der Waals surface area contributed by atoms with Gasteiger partial charge in [0.2, 0.25) is 5.91 Å². The summed E-state index contributed by atoms with van der Waals surface area (Å²) in [6.45, 7) is 4.21. The van der Waals surface area contributed by atoms with E-state index in [1.807, 2.05) is 27.0 Å². The quantitative estimate of drug-likeness (QED) is 0.855. The van der Waals surface area contributed by atoms with Gasteiger partial charge in [-0.05, 0) is 17.9 Å². The van der Waals surface area contributed by atoms with Crippen LogP contribution in [0.5, 0.6) is 0 Å². The van der Waals surface area contributed by atoms with Crippen LogP contribution in [-0.2, 0) is 21.4 Å². The Hall–Kier alpha value is -1.89. The second-order valence-electron chi connectivity index (χ2n) is 6.69. The number of nitrogens with zero attached hydrogens (tertiary/aromatic N) is 2. The zero-order chi connectivity index (χ0) is 16.1. The Morgan fingerprint density at radius 3 is 2.73 bits per heavy atom. The number of amides is 1. The molecule has 0 unspecified atom stereocenters. The largest absolute Gasteiger partial charge is 0.481 e. The Kier molecular flexibility index (Phi) is 3.47. The van der Waals surface area contributed by atoms with Crippen molar-refractivity contribution in [1.29, 1.82) is 0 Å². The molecule has 0 spiro atoms. The molecular weight excluding hydrogens is 286 g/mol. The number of rotatable bonds is 4. The van der Waals surface area contributed by atoms with Crippen molar-refractivity contribution in [3.05, 3.63) is 18.0 Å². The van der Waals surface area contributed by atoms with Gasteiger partial charge in [0, 0.05) is 19.9 Å². The minimum atomic E-state index is -0.906. The number of nitrogens with one attached hydrogen (secondary N) is 1. The van der Waals surface area contributed by atoms with Crippen LogP contribution in [0.1, 0.15) is 32.1 Å². The fourth-order valence-corrected chi connectivity index (χ4v) is 3.55. The average Bonchev–Trinajstić information content (AvgIpc) is 2.79. The van der Waals surface area contributed by atoms with E-state index in [1.165, 1.54) is 0 Å². The number of hydrogen-bond acceptors (Lipinski definition) is 4. The maximum atomic E-state index is 12.4. The zero-order valence-electron chi connectivity index (χ0n) is 12.9. The molecule has 1 aromatic heterocycles. The molecule has 1 saturated carbocycles. The number of hydrogen-bond donors (Lipinski definition) is 2. The highest BCUT2D eigenvalue weighted by molar-refractivity contribution is 5.91. The molecular formula is C15H21N3O4. The topological polar surface area (TPSA) is 93.5 Å². The number of aryl methyl sites for hydroxylation is 1. The predicted octanol–water partition coefficient (Wildman–Crippen LogP) is 0.723. The van der Waals surface area contributed by atoms with Crippen molar-refractivity contribution < 1.29 is 19.4 Å². The molecule has 2 fully saturated rings. The lowest BCUT2D eigenvalue weighted by atomic mass is 10.1. The fourth-order valence-electron chi connectivity index (χ4n) is 3.55. The summed E-state index contributed by atoms with van der Waals surface area (Å²) < 4.78 is 7.46. The van der Waals surface area contributed by atoms with E-state index in [4.69, 9.17) is 4.74 Å². The summed E-state index contributed by atoms with van der Waals surface area (Å²) in [7, 11) is 1.83. The molecule has 2 N–H and O–H groups in total. The van der Waals surface area contributed by atoms with Crippen molar-refractivity contribution in [3.63, 3.8) is 0 Å². The minimum absolute atomic E-state index is 0.145. The van der Waals surface area contributed by atoms with Gasteiger partial charge in [-0.1, -0.05) is 13.8 Å². The van der Waals surface area contributed by atoms with Crippen LogP contribution in [0.4, 0.5) is 0 Å². The maximum absolute atomic E-state index is 12.4. The Bertz CT molecular complexity index is 610. The van der Waals surface area contributed by atoms with Gasteiger partial charge in [-0.25, -0.2) is 0 Å². The molecule has 7 nitrogen and oxygen atoms in total. The van der Waals surface area contributed by atoms with E-state index in [0.29, 0.717) is 13.0 Å². The Labute approximate surface area is 128 Å². The lowest BCUT2D eigenvalue weighted by molar-refractivity contribution is -0.140. The molecule has 2 aliphatic rings. The lowest BCUT2D eigenvalue weighted by Crippen LogP contribution is -2.39. The summed E-state index contributed by atoms with van der Waals surface area (Å²) >= 11 is 0. The first-order valence-corrected chi connectivity index (χ1v) is 7.46. The smallest absolute Gasteiger partial charge is 0.307 e. The summed E-state index contributed by atoms with van der Waals surface area (Å²) in [4.78, 5) is 23.6. The molecule has 0 radical (unpaired) electrons. The highest BCUT2D eigenvalue weighted by Crippen LogP contribution is 2.58. The van der Waals surface area contributed by atoms with Gasteiger partial charge in [-0.3, -0.25) is 14.3 Å². The summed E-state index contributed by atoms with van der Waals surface area (Å²) in [6.07, 6.45) is 2.17. The standard InChI is InChI=1S/C15H21N3O4/c1-15(2)10(11(15)14(20)21)13(19)17-8-5-7-22-12(8)9-4-6-16-18(9)3/h4,6,8,10-12H,5,7H2,1-3H3,(H,17,19)(H,20,21)/t8-,10-,11+,12-/m0/s1. The molecule has 2 heterocycles. The van der Waals surface area contributed by atoms with Gasteiger partial charge >= 0.3 is 5.97 Å². The van der Waals surface area contributed by atoms with Crippen LogP contribution in [-0.4, -0.2) is 39.4 Å². The van der Waals surface area contributed by atoms with Gasteiger partial charge < -0.3 is 15.2 Å². The Balaban J connectivity index is 1.69. The lowest BCUT2D eigenvalue weighted by Gasteiger charge is -2.20. The van der Waals surface area contributed by atoms with E-state index in [2.05, 4.69) is 10.4 Å². The molecule has 0 bridgehead atoms. The van der Waals surface area contributed by atoms with E-state index in [9.17, 15) is 14.7 Å². The summed E-state index contributed by atoms with van der Waals surface area (Å²) in [5.41, 5.74) is 0.421. The second kappa shape index (κ2) is 5.08. The molecule has 0 aromatic carbocycles. The Morgan fingerprint density at radius 1 is 1.45 bits per heavy atom. The molecule has 1 aliphatic carbocycles. The number of carbonyl (C=O) groups excluding carboxylic acids is 1. The van der Waals surface area contributed by atoms with E-state index >= 15 is 0 Å². The molecule has 1 amide bonds. The molecule has 22 heavy (non-hydrogen) atoms. The van der Waals surface area contributed by atoms with Gasteiger partial charge in [0.05, 0.1) is 23.6 Å². The van der Waals surface area contributed by atoms with Gasteiger partial charge in [0.15, 0.2) is 0 Å². The minimum Gasteiger partial charge on any atom is -0.481 e. The molecule has 1 aromatic rings. The fraction of sp³-hybridized carbons (Fsp3) is 0.667. The normalized spacial score (nSPS) is 32.7. The van der Waals surface area contributed by atoms with Crippen molar-refractivity contribution in [3.8, 4) is 0 Å². The number of ether oxygens (including phenoxy) is 1. The third-order valence-corrected chi connectivity index (χ3v) is 4.95. The van der Waals surface area contributed by atoms with Crippen LogP contribution in [0.25, 0.3) is 0 Å². The monoisotopic (exact) mass is 307 g/mol. The first-order chi connectivity index (χ1) is 10.3. The molecule has 7 heteroatoms. The first-order valence-electron chi connectivity index (χ1n) is 7.46. The number of carbonyl (C=O) groups is 2. The molecule has 120 valence electrons. The van der Waals surface area contributed by atoms with Crippen LogP contribution in [0.2, 0.25) is 0 Å². The van der Waals surface area contributed by atoms with E-state index in [1.54, 1.807) is 10.9 Å². The number of carboxylic acid groups (broad SMARTS) is 1. The Morgan fingerprint density at radius 2 is 2.18 bits per heavy atom. The van der Waals surface area contributed by atoms with Crippen LogP contribution in [0.3, 0.4) is 0 Å². The van der Waals surface area contributed by atoms with Crippen LogP contribution in [0.15, 0.2) is 12.3 Å². The van der Waals surface area contributed by atoms with E-state index < -0.39 is 23.2 Å². The zero-order valence-corrected chi connectivity index (χ0v) is 12.9. The first kappa shape index (κ1) is 15.0. The van der Waals surface area contributed by atoms with Gasteiger partial charge in [0.25, 0.3) is 0 Å². The van der Waals surface area contributed by atoms with Gasteiger partial charge in [0.1, 0.15) is 6.10 Å². The second-order valence-corrected chi connectivity index (χ2v) is 6.69. The van der Waals surface area contributed by atoms with Gasteiger partial charge in [-0.2, -0.15) is 5.10 Å². The third-order valence-electron chi connectivity index (χ3n) is 4.95. The van der Waals surface area contributed by atoms with E-state index in [0.717, 1.165) is 5.69 Å². The SMILES string of the molecule is Cn1nccc1[C@H]1OCC[C@@H]1NC(=O)[C@@H]1[C@H](C(=O)O)C1(C)C. The third kappa shape index (κ3) is 2.29. The van der Waals surface area contributed by atoms with Crippen LogP contribution >= 0.6 is 0 Å². The number of aliphatic carboxylic acids is 1. The summed E-state index contributed by atoms with van der Waals surface area (Å²) in [5.74, 6) is -2.18.